The zero-order valence-corrected chi connectivity index (χ0v) is 20.0. The van der Waals surface area contributed by atoms with Crippen LogP contribution >= 0.6 is 0 Å². The highest BCUT2D eigenvalue weighted by molar-refractivity contribution is 5.92. The van der Waals surface area contributed by atoms with E-state index < -0.39 is 40.8 Å². The number of aryl methyl sites for hydroxylation is 1. The highest BCUT2D eigenvalue weighted by Gasteiger charge is 2.37. The molecule has 4 aromatic rings. The molecule has 0 amide bonds. The minimum Gasteiger partial charge on any atom is -0.492 e. The maximum atomic E-state index is 14.0. The molecule has 2 N–H and O–H groups in total. The van der Waals surface area contributed by atoms with Crippen molar-refractivity contribution in [2.45, 2.75) is 31.6 Å². The summed E-state index contributed by atoms with van der Waals surface area (Å²) in [5.41, 5.74) is -2.33. The van der Waals surface area contributed by atoms with E-state index in [1.54, 1.807) is 0 Å². The van der Waals surface area contributed by atoms with Crippen LogP contribution in [-0.4, -0.2) is 38.3 Å². The number of tetrazole rings is 1. The fourth-order valence-corrected chi connectivity index (χ4v) is 3.92. The predicted molar refractivity (Wildman–Crippen MR) is 127 cm³/mol. The van der Waals surface area contributed by atoms with Crippen molar-refractivity contribution in [2.75, 3.05) is 6.61 Å². The maximum Gasteiger partial charge on any atom is 0.420 e. The lowest BCUT2D eigenvalue weighted by Gasteiger charge is -2.19. The van der Waals surface area contributed by atoms with Crippen molar-refractivity contribution in [1.29, 1.82) is 0 Å². The van der Waals surface area contributed by atoms with Crippen molar-refractivity contribution >= 4 is 5.97 Å². The Labute approximate surface area is 217 Å². The molecule has 0 atom stereocenters. The van der Waals surface area contributed by atoms with Gasteiger partial charge < -0.3 is 9.84 Å². The molecule has 0 spiro atoms. The maximum absolute atomic E-state index is 14.0. The normalized spacial score (nSPS) is 11.9. The average molecular weight is 550 g/mol. The van der Waals surface area contributed by atoms with E-state index in [0.717, 1.165) is 18.2 Å². The number of aromatic nitrogens is 4. The van der Waals surface area contributed by atoms with Crippen LogP contribution in [0.2, 0.25) is 0 Å². The van der Waals surface area contributed by atoms with Gasteiger partial charge in [-0.25, -0.2) is 4.79 Å². The van der Waals surface area contributed by atoms with Gasteiger partial charge in [0.05, 0.1) is 23.3 Å². The number of hydrogen-bond donors (Lipinski definition) is 2. The van der Waals surface area contributed by atoms with Crippen LogP contribution in [0.1, 0.15) is 40.2 Å². The van der Waals surface area contributed by atoms with Gasteiger partial charge in [-0.3, -0.25) is 0 Å². The lowest BCUT2D eigenvalue weighted by atomic mass is 9.94. The Morgan fingerprint density at radius 2 is 1.56 bits per heavy atom. The summed E-state index contributed by atoms with van der Waals surface area (Å²) >= 11 is 0. The first-order valence-electron chi connectivity index (χ1n) is 11.5. The third-order valence-electron chi connectivity index (χ3n) is 5.77. The summed E-state index contributed by atoms with van der Waals surface area (Å²) in [6.07, 6.45) is -8.31. The van der Waals surface area contributed by atoms with E-state index >= 15 is 0 Å². The lowest BCUT2D eigenvalue weighted by molar-refractivity contribution is -0.139. The number of carbonyl (C=O) groups is 1. The summed E-state index contributed by atoms with van der Waals surface area (Å²) in [7, 11) is 0. The number of alkyl halides is 6. The van der Waals surface area contributed by atoms with Crippen molar-refractivity contribution in [1.82, 2.24) is 20.6 Å². The molecule has 4 rings (SSSR count). The molecule has 0 aliphatic carbocycles. The summed E-state index contributed by atoms with van der Waals surface area (Å²) in [6, 6.07) is 11.8. The van der Waals surface area contributed by atoms with Crippen molar-refractivity contribution in [3.63, 3.8) is 0 Å². The number of ether oxygens (including phenoxy) is 1. The first kappa shape index (κ1) is 27.6. The average Bonchev–Trinajstić information content (AvgIpc) is 3.41. The molecule has 0 aliphatic heterocycles. The number of H-pyrrole nitrogens is 1. The van der Waals surface area contributed by atoms with Gasteiger partial charge in [-0.2, -0.15) is 31.6 Å². The molecule has 204 valence electrons. The van der Waals surface area contributed by atoms with Gasteiger partial charge in [0.2, 0.25) is 0 Å². The van der Waals surface area contributed by atoms with Crippen molar-refractivity contribution < 1.29 is 41.0 Å². The molecular weight excluding hydrogens is 530 g/mol. The van der Waals surface area contributed by atoms with E-state index in [0.29, 0.717) is 36.7 Å². The SMILES string of the molecule is O=C(O)c1cc(-c2cccc(-c3cccc(C(F)(F)F)c3)c2)c(OCCCCc2nn[nH]n2)c(C(F)(F)F)c1. The van der Waals surface area contributed by atoms with Gasteiger partial charge in [0.1, 0.15) is 5.75 Å². The molecule has 39 heavy (non-hydrogen) atoms. The Morgan fingerprint density at radius 3 is 2.21 bits per heavy atom. The van der Waals surface area contributed by atoms with Crippen LogP contribution in [0.15, 0.2) is 60.7 Å². The molecule has 0 aliphatic rings. The molecule has 0 unspecified atom stereocenters. The largest absolute Gasteiger partial charge is 0.492 e. The smallest absolute Gasteiger partial charge is 0.420 e. The van der Waals surface area contributed by atoms with Gasteiger partial charge in [0, 0.05) is 12.0 Å². The van der Waals surface area contributed by atoms with Gasteiger partial charge in [-0.15, -0.1) is 10.2 Å². The second kappa shape index (κ2) is 11.1. The number of nitrogens with one attached hydrogen (secondary N) is 1. The number of unbranched alkanes of at least 4 members (excludes halogenated alkanes) is 1. The minimum atomic E-state index is -4.95. The van der Waals surface area contributed by atoms with Gasteiger partial charge in [0.25, 0.3) is 0 Å². The van der Waals surface area contributed by atoms with E-state index in [1.165, 1.54) is 36.4 Å². The molecule has 7 nitrogen and oxygen atoms in total. The van der Waals surface area contributed by atoms with Crippen LogP contribution in [0.25, 0.3) is 22.3 Å². The van der Waals surface area contributed by atoms with Crippen LogP contribution in [0.5, 0.6) is 5.75 Å². The molecule has 0 saturated carbocycles. The van der Waals surface area contributed by atoms with E-state index in [4.69, 9.17) is 4.74 Å². The molecule has 0 fully saturated rings. The molecule has 3 aromatic carbocycles. The van der Waals surface area contributed by atoms with Crippen LogP contribution < -0.4 is 4.74 Å². The number of nitrogens with zero attached hydrogens (tertiary/aromatic N) is 3. The first-order valence-corrected chi connectivity index (χ1v) is 11.5. The molecule has 0 radical (unpaired) electrons. The number of rotatable bonds is 9. The second-order valence-electron chi connectivity index (χ2n) is 8.50. The van der Waals surface area contributed by atoms with Crippen molar-refractivity contribution in [2.24, 2.45) is 0 Å². The summed E-state index contributed by atoms with van der Waals surface area (Å²) in [4.78, 5) is 11.7. The third kappa shape index (κ3) is 6.72. The zero-order valence-electron chi connectivity index (χ0n) is 20.0. The zero-order chi connectivity index (χ0) is 28.2. The Bertz CT molecular complexity index is 1450. The number of halogens is 6. The molecule has 0 bridgehead atoms. The van der Waals surface area contributed by atoms with Crippen LogP contribution in [-0.2, 0) is 18.8 Å². The topological polar surface area (TPSA) is 101 Å². The van der Waals surface area contributed by atoms with Crippen LogP contribution in [0, 0.1) is 0 Å². The monoisotopic (exact) mass is 550 g/mol. The fourth-order valence-electron chi connectivity index (χ4n) is 3.92. The fraction of sp³-hybridized carbons (Fsp3) is 0.231. The first-order chi connectivity index (χ1) is 18.4. The summed E-state index contributed by atoms with van der Waals surface area (Å²) in [5, 5.41) is 22.8. The molecule has 1 aromatic heterocycles. The van der Waals surface area contributed by atoms with Crippen LogP contribution in [0.3, 0.4) is 0 Å². The van der Waals surface area contributed by atoms with Gasteiger partial charge in [-0.1, -0.05) is 35.5 Å². The number of aromatic amines is 1. The van der Waals surface area contributed by atoms with E-state index in [-0.39, 0.29) is 23.3 Å². The molecule has 0 saturated heterocycles. The highest BCUT2D eigenvalue weighted by atomic mass is 19.4. The van der Waals surface area contributed by atoms with Gasteiger partial charge in [0.15, 0.2) is 5.82 Å². The number of benzene rings is 3. The number of carboxylic acids is 1. The van der Waals surface area contributed by atoms with Crippen molar-refractivity contribution in [3.05, 3.63) is 83.2 Å². The van der Waals surface area contributed by atoms with Gasteiger partial charge in [-0.05, 0) is 59.9 Å². The summed E-state index contributed by atoms with van der Waals surface area (Å²) in [5.74, 6) is -1.72. The van der Waals surface area contributed by atoms with E-state index in [2.05, 4.69) is 20.6 Å². The minimum absolute atomic E-state index is 0.131. The van der Waals surface area contributed by atoms with E-state index in [9.17, 15) is 36.2 Å². The second-order valence-corrected chi connectivity index (χ2v) is 8.50. The summed E-state index contributed by atoms with van der Waals surface area (Å²) in [6.45, 7) is -0.131. The van der Waals surface area contributed by atoms with Gasteiger partial charge >= 0.3 is 18.3 Å². The number of hydrogen-bond acceptors (Lipinski definition) is 5. The lowest BCUT2D eigenvalue weighted by Crippen LogP contribution is -2.13. The Hall–Kier alpha value is -4.42. The quantitative estimate of drug-likeness (QED) is 0.178. The Kier molecular flexibility index (Phi) is 7.88. The summed E-state index contributed by atoms with van der Waals surface area (Å²) < 4.78 is 87.4. The predicted octanol–water partition coefficient (Wildman–Crippen LogP) is 6.67. The molecule has 13 heteroatoms. The van der Waals surface area contributed by atoms with Crippen molar-refractivity contribution in [3.8, 4) is 28.0 Å². The number of aromatic carboxylic acids is 1. The Balaban J connectivity index is 1.73. The molecular formula is C26H20F6N4O3. The molecule has 1 heterocycles. The van der Waals surface area contributed by atoms with Crippen LogP contribution in [0.4, 0.5) is 26.3 Å². The Morgan fingerprint density at radius 1 is 0.872 bits per heavy atom. The highest BCUT2D eigenvalue weighted by Crippen LogP contribution is 2.44. The van der Waals surface area contributed by atoms with E-state index in [1.807, 2.05) is 0 Å². The number of carboxylic acid groups (broad SMARTS) is 1. The standard InChI is InChI=1S/C26H20F6N4O3/c27-25(28,29)19-8-4-6-16(12-19)15-5-3-7-17(11-15)20-13-18(24(37)38)14-21(26(30,31)32)23(20)39-10-2-1-9-22-33-35-36-34-22/h3-8,11-14H,1-2,9-10H2,(H,37,38)(H,33,34,35,36). The third-order valence-corrected chi connectivity index (χ3v) is 5.77.